The highest BCUT2D eigenvalue weighted by atomic mass is 32.2. The Balaban J connectivity index is 2.40. The van der Waals surface area contributed by atoms with E-state index in [2.05, 4.69) is 4.72 Å². The SMILES string of the molecule is COCc1ccccc1NS(=O)(=O)c1c(C)csc1CO. The van der Waals surface area contributed by atoms with E-state index in [0.29, 0.717) is 22.7 Å². The summed E-state index contributed by atoms with van der Waals surface area (Å²) in [5.74, 6) is 0. The van der Waals surface area contributed by atoms with Gasteiger partial charge in [0.05, 0.1) is 23.8 Å². The van der Waals surface area contributed by atoms with Gasteiger partial charge in [0.15, 0.2) is 0 Å². The van der Waals surface area contributed by atoms with E-state index < -0.39 is 10.0 Å². The minimum Gasteiger partial charge on any atom is -0.391 e. The third-order valence-corrected chi connectivity index (χ3v) is 5.78. The van der Waals surface area contributed by atoms with Crippen LogP contribution in [-0.2, 0) is 28.0 Å². The molecule has 114 valence electrons. The average molecular weight is 327 g/mol. The van der Waals surface area contributed by atoms with Crippen molar-refractivity contribution in [2.24, 2.45) is 0 Å². The minimum absolute atomic E-state index is 0.155. The first kappa shape index (κ1) is 16.0. The smallest absolute Gasteiger partial charge is 0.263 e. The number of benzene rings is 1. The summed E-state index contributed by atoms with van der Waals surface area (Å²) >= 11 is 1.23. The van der Waals surface area contributed by atoms with Crippen molar-refractivity contribution in [2.75, 3.05) is 11.8 Å². The van der Waals surface area contributed by atoms with Gasteiger partial charge in [-0.2, -0.15) is 0 Å². The van der Waals surface area contributed by atoms with Crippen molar-refractivity contribution < 1.29 is 18.3 Å². The number of thiophene rings is 1. The van der Waals surface area contributed by atoms with Gasteiger partial charge in [-0.15, -0.1) is 11.3 Å². The van der Waals surface area contributed by atoms with Gasteiger partial charge in [0.1, 0.15) is 4.90 Å². The fourth-order valence-corrected chi connectivity index (χ4v) is 4.82. The van der Waals surface area contributed by atoms with Gasteiger partial charge in [0, 0.05) is 12.7 Å². The quantitative estimate of drug-likeness (QED) is 0.855. The Morgan fingerprint density at radius 1 is 1.33 bits per heavy atom. The van der Waals surface area contributed by atoms with Crippen molar-refractivity contribution in [3.05, 3.63) is 45.6 Å². The number of aliphatic hydroxyl groups excluding tert-OH is 1. The molecular formula is C14H17NO4S2. The maximum atomic E-state index is 12.6. The Hall–Kier alpha value is -1.41. The standard InChI is InChI=1S/C14H17NO4S2/c1-10-9-20-13(7-16)14(10)21(17,18)15-12-6-4-3-5-11(12)8-19-2/h3-6,9,15-16H,7-8H2,1-2H3. The molecule has 0 saturated carbocycles. The van der Waals surface area contributed by atoms with E-state index in [0.717, 1.165) is 5.56 Å². The van der Waals surface area contributed by atoms with Crippen LogP contribution in [0, 0.1) is 6.92 Å². The number of aryl methyl sites for hydroxylation is 1. The van der Waals surface area contributed by atoms with E-state index in [1.807, 2.05) is 6.07 Å². The highest BCUT2D eigenvalue weighted by molar-refractivity contribution is 7.93. The predicted molar refractivity (Wildman–Crippen MR) is 82.9 cm³/mol. The van der Waals surface area contributed by atoms with Gasteiger partial charge in [-0.3, -0.25) is 4.72 Å². The summed E-state index contributed by atoms with van der Waals surface area (Å²) in [4.78, 5) is 0.589. The van der Waals surface area contributed by atoms with Gasteiger partial charge >= 0.3 is 0 Å². The van der Waals surface area contributed by atoms with Crippen molar-refractivity contribution in [3.63, 3.8) is 0 Å². The van der Waals surface area contributed by atoms with Crippen molar-refractivity contribution in [3.8, 4) is 0 Å². The van der Waals surface area contributed by atoms with E-state index in [-0.39, 0.29) is 11.5 Å². The molecule has 2 rings (SSSR count). The van der Waals surface area contributed by atoms with E-state index >= 15 is 0 Å². The summed E-state index contributed by atoms with van der Waals surface area (Å²) in [6.07, 6.45) is 0. The molecule has 7 heteroatoms. The lowest BCUT2D eigenvalue weighted by molar-refractivity contribution is 0.185. The van der Waals surface area contributed by atoms with Crippen molar-refractivity contribution >= 4 is 27.0 Å². The van der Waals surface area contributed by atoms with Crippen LogP contribution in [0.5, 0.6) is 0 Å². The van der Waals surface area contributed by atoms with E-state index in [9.17, 15) is 13.5 Å². The first-order valence-electron chi connectivity index (χ1n) is 6.27. The molecule has 0 aliphatic rings. The van der Waals surface area contributed by atoms with Gasteiger partial charge in [-0.1, -0.05) is 18.2 Å². The van der Waals surface area contributed by atoms with Crippen molar-refractivity contribution in [2.45, 2.75) is 25.0 Å². The third kappa shape index (κ3) is 3.44. The lowest BCUT2D eigenvalue weighted by atomic mass is 10.2. The van der Waals surface area contributed by atoms with E-state index in [4.69, 9.17) is 4.74 Å². The zero-order valence-corrected chi connectivity index (χ0v) is 13.4. The maximum absolute atomic E-state index is 12.6. The first-order valence-corrected chi connectivity index (χ1v) is 8.63. The molecule has 21 heavy (non-hydrogen) atoms. The molecule has 0 saturated heterocycles. The highest BCUT2D eigenvalue weighted by Gasteiger charge is 2.23. The van der Waals surface area contributed by atoms with Gasteiger partial charge in [0.2, 0.25) is 0 Å². The largest absolute Gasteiger partial charge is 0.391 e. The van der Waals surface area contributed by atoms with Gasteiger partial charge in [-0.05, 0) is 23.9 Å². The maximum Gasteiger partial charge on any atom is 0.263 e. The van der Waals surface area contributed by atoms with Crippen LogP contribution in [0.1, 0.15) is 16.0 Å². The molecule has 0 unspecified atom stereocenters. The molecular weight excluding hydrogens is 310 g/mol. The third-order valence-electron chi connectivity index (χ3n) is 2.96. The summed E-state index contributed by atoms with van der Waals surface area (Å²) in [6, 6.07) is 7.06. The monoisotopic (exact) mass is 327 g/mol. The van der Waals surface area contributed by atoms with Crippen LogP contribution in [-0.4, -0.2) is 20.6 Å². The molecule has 0 atom stereocenters. The topological polar surface area (TPSA) is 75.6 Å². The molecule has 0 aliphatic heterocycles. The molecule has 0 amide bonds. The Labute approximate surface area is 128 Å². The summed E-state index contributed by atoms with van der Waals surface area (Å²) in [6.45, 7) is 1.73. The number of aliphatic hydroxyl groups is 1. The highest BCUT2D eigenvalue weighted by Crippen LogP contribution is 2.29. The molecule has 2 N–H and O–H groups in total. The fourth-order valence-electron chi connectivity index (χ4n) is 2.05. The molecule has 2 aromatic rings. The van der Waals surface area contributed by atoms with Gasteiger partial charge < -0.3 is 9.84 Å². The summed E-state index contributed by atoms with van der Waals surface area (Å²) in [7, 11) is -2.19. The molecule has 5 nitrogen and oxygen atoms in total. The Morgan fingerprint density at radius 2 is 2.05 bits per heavy atom. The molecule has 0 aliphatic carbocycles. The van der Waals surface area contributed by atoms with Gasteiger partial charge in [-0.25, -0.2) is 8.42 Å². The molecule has 0 fully saturated rings. The number of sulfonamides is 1. The lowest BCUT2D eigenvalue weighted by Crippen LogP contribution is -2.16. The second-order valence-electron chi connectivity index (χ2n) is 4.52. The zero-order chi connectivity index (χ0) is 15.5. The van der Waals surface area contributed by atoms with Crippen LogP contribution in [0.2, 0.25) is 0 Å². The number of ether oxygens (including phenoxy) is 1. The van der Waals surface area contributed by atoms with Crippen LogP contribution in [0.25, 0.3) is 0 Å². The van der Waals surface area contributed by atoms with Crippen LogP contribution in [0.3, 0.4) is 0 Å². The van der Waals surface area contributed by atoms with E-state index in [1.165, 1.54) is 11.3 Å². The first-order chi connectivity index (χ1) is 9.99. The number of hydrogen-bond acceptors (Lipinski definition) is 5. The normalized spacial score (nSPS) is 11.6. The van der Waals surface area contributed by atoms with Crippen LogP contribution in [0.15, 0.2) is 34.5 Å². The second kappa shape index (κ2) is 6.57. The summed E-state index contributed by atoms with van der Waals surface area (Å²) < 4.78 is 32.8. The molecule has 0 spiro atoms. The van der Waals surface area contributed by atoms with Crippen LogP contribution < -0.4 is 4.72 Å². The summed E-state index contributed by atoms with van der Waals surface area (Å²) in [5.41, 5.74) is 1.86. The lowest BCUT2D eigenvalue weighted by Gasteiger charge is -2.13. The molecule has 1 aromatic heterocycles. The van der Waals surface area contributed by atoms with Crippen molar-refractivity contribution in [1.29, 1.82) is 0 Å². The Morgan fingerprint density at radius 3 is 2.71 bits per heavy atom. The number of hydrogen-bond donors (Lipinski definition) is 2. The van der Waals surface area contributed by atoms with Gasteiger partial charge in [0.25, 0.3) is 10.0 Å². The second-order valence-corrected chi connectivity index (χ2v) is 7.11. The molecule has 1 aromatic carbocycles. The molecule has 1 heterocycles. The minimum atomic E-state index is -3.74. The van der Waals surface area contributed by atoms with Crippen LogP contribution in [0.4, 0.5) is 5.69 Å². The molecule has 0 bridgehead atoms. The Kier molecular flexibility index (Phi) is 5.00. The number of rotatable bonds is 6. The number of anilines is 1. The van der Waals surface area contributed by atoms with E-state index in [1.54, 1.807) is 37.6 Å². The number of methoxy groups -OCH3 is 1. The Bertz CT molecular complexity index is 722. The van der Waals surface area contributed by atoms with Crippen LogP contribution >= 0.6 is 11.3 Å². The molecule has 0 radical (unpaired) electrons. The average Bonchev–Trinajstić information content (AvgIpc) is 2.83. The predicted octanol–water partition coefficient (Wildman–Crippen LogP) is 2.50. The number of nitrogens with one attached hydrogen (secondary N) is 1. The zero-order valence-electron chi connectivity index (χ0n) is 11.8. The number of para-hydroxylation sites is 1. The summed E-state index contributed by atoms with van der Waals surface area (Å²) in [5, 5.41) is 11.0. The fraction of sp³-hybridized carbons (Fsp3) is 0.286. The van der Waals surface area contributed by atoms with Crippen molar-refractivity contribution in [1.82, 2.24) is 0 Å².